The Morgan fingerprint density at radius 2 is 1.69 bits per heavy atom. The lowest BCUT2D eigenvalue weighted by Crippen LogP contribution is -2.61. The molecule has 0 saturated carbocycles. The van der Waals surface area contributed by atoms with Gasteiger partial charge < -0.3 is 14.5 Å². The maximum atomic E-state index is 13.5. The molecule has 1 aromatic carbocycles. The van der Waals surface area contributed by atoms with Crippen molar-refractivity contribution in [1.82, 2.24) is 19.8 Å². The normalized spacial score (nSPS) is 17.5. The first-order chi connectivity index (χ1) is 18.3. The van der Waals surface area contributed by atoms with Crippen molar-refractivity contribution < 1.29 is 14.3 Å². The minimum atomic E-state index is -0.586. The van der Waals surface area contributed by atoms with E-state index in [0.29, 0.717) is 29.5 Å². The number of thiazole rings is 1. The molecule has 0 aliphatic carbocycles. The van der Waals surface area contributed by atoms with Crippen LogP contribution in [0.3, 0.4) is 0 Å². The lowest BCUT2D eigenvalue weighted by Gasteiger charge is -2.44. The van der Waals surface area contributed by atoms with E-state index in [2.05, 4.69) is 16.4 Å². The van der Waals surface area contributed by atoms with Crippen molar-refractivity contribution in [1.29, 1.82) is 5.26 Å². The quantitative estimate of drug-likeness (QED) is 0.417. The average molecular weight is 547 g/mol. The van der Waals surface area contributed by atoms with E-state index in [1.807, 2.05) is 72.7 Å². The molecule has 0 spiro atoms. The number of piperazine rings is 1. The highest BCUT2D eigenvalue weighted by Gasteiger charge is 2.37. The third-order valence-electron chi connectivity index (χ3n) is 6.25. The summed E-state index contributed by atoms with van der Waals surface area (Å²) in [7, 11) is 0. The zero-order valence-electron chi connectivity index (χ0n) is 23.4. The molecule has 4 rings (SSSR count). The molecular weight excluding hydrogens is 512 g/mol. The monoisotopic (exact) mass is 546 g/mol. The van der Waals surface area contributed by atoms with E-state index in [9.17, 15) is 14.9 Å². The second kappa shape index (κ2) is 11.0. The fraction of sp³-hybridized carbons (Fsp3) is 0.414. The number of urea groups is 1. The SMILES string of the molecule is Cc1cc(-c2sc(NC(=O)N3C(C)CN(C(=O)OC(C)(C)C)C[C@H]3C)nc2-c2cccc(C#N)c2)cc(C)n1. The number of rotatable bonds is 3. The summed E-state index contributed by atoms with van der Waals surface area (Å²) in [5, 5.41) is 12.9. The summed E-state index contributed by atoms with van der Waals surface area (Å²) in [5.41, 5.74) is 4.13. The number of carbonyl (C=O) groups excluding carboxylic acids is 2. The lowest BCUT2D eigenvalue weighted by atomic mass is 10.0. The largest absolute Gasteiger partial charge is 0.444 e. The summed E-state index contributed by atoms with van der Waals surface area (Å²) in [6, 6.07) is 12.7. The number of amides is 3. The van der Waals surface area contributed by atoms with Gasteiger partial charge in [0.05, 0.1) is 22.2 Å². The Labute approximate surface area is 233 Å². The number of aryl methyl sites for hydroxylation is 2. The molecular formula is C29H34N6O3S. The van der Waals surface area contributed by atoms with Gasteiger partial charge in [-0.05, 0) is 78.3 Å². The Hall–Kier alpha value is -3.97. The first-order valence-electron chi connectivity index (χ1n) is 12.9. The molecule has 2 atom stereocenters. The maximum absolute atomic E-state index is 13.5. The maximum Gasteiger partial charge on any atom is 0.410 e. The van der Waals surface area contributed by atoms with Gasteiger partial charge in [0.25, 0.3) is 0 Å². The molecule has 1 fully saturated rings. The van der Waals surface area contributed by atoms with E-state index in [1.54, 1.807) is 21.9 Å². The average Bonchev–Trinajstić information content (AvgIpc) is 3.25. The van der Waals surface area contributed by atoms with Gasteiger partial charge >= 0.3 is 12.1 Å². The van der Waals surface area contributed by atoms with Crippen LogP contribution in [0, 0.1) is 25.2 Å². The van der Waals surface area contributed by atoms with Crippen LogP contribution in [-0.4, -0.2) is 62.7 Å². The summed E-state index contributed by atoms with van der Waals surface area (Å²) in [6.07, 6.45) is -0.377. The molecule has 0 bridgehead atoms. The van der Waals surface area contributed by atoms with Gasteiger partial charge in [0.15, 0.2) is 5.13 Å². The van der Waals surface area contributed by atoms with Crippen molar-refractivity contribution in [3.05, 3.63) is 53.3 Å². The molecule has 204 valence electrons. The second-order valence-corrected chi connectivity index (χ2v) is 11.9. The fourth-order valence-electron chi connectivity index (χ4n) is 4.82. The number of hydrogen-bond donors (Lipinski definition) is 1. The number of nitrogens with zero attached hydrogens (tertiary/aromatic N) is 5. The number of carbonyl (C=O) groups is 2. The highest BCUT2D eigenvalue weighted by Crippen LogP contribution is 2.40. The third kappa shape index (κ3) is 6.55. The van der Waals surface area contributed by atoms with Gasteiger partial charge in [-0.25, -0.2) is 14.6 Å². The molecule has 1 aliphatic rings. The van der Waals surface area contributed by atoms with Crippen LogP contribution in [0.1, 0.15) is 51.6 Å². The Kier molecular flexibility index (Phi) is 7.93. The van der Waals surface area contributed by atoms with Crippen LogP contribution >= 0.6 is 11.3 Å². The van der Waals surface area contributed by atoms with E-state index in [0.717, 1.165) is 27.4 Å². The lowest BCUT2D eigenvalue weighted by molar-refractivity contribution is 0.00224. The van der Waals surface area contributed by atoms with Crippen molar-refractivity contribution in [2.24, 2.45) is 0 Å². The Morgan fingerprint density at radius 3 is 2.28 bits per heavy atom. The summed E-state index contributed by atoms with van der Waals surface area (Å²) in [6.45, 7) is 14.0. The van der Waals surface area contributed by atoms with Crippen LogP contribution in [0.2, 0.25) is 0 Å². The van der Waals surface area contributed by atoms with Crippen molar-refractivity contribution in [2.75, 3.05) is 18.4 Å². The number of hydrogen-bond acceptors (Lipinski definition) is 7. The van der Waals surface area contributed by atoms with Gasteiger partial charge in [-0.15, -0.1) is 0 Å². The molecule has 1 unspecified atom stereocenters. The molecule has 1 N–H and O–H groups in total. The van der Waals surface area contributed by atoms with Crippen LogP contribution in [0.25, 0.3) is 21.7 Å². The van der Waals surface area contributed by atoms with Crippen LogP contribution in [-0.2, 0) is 4.74 Å². The number of ether oxygens (including phenoxy) is 1. The van der Waals surface area contributed by atoms with E-state index in [1.165, 1.54) is 11.3 Å². The second-order valence-electron chi connectivity index (χ2n) is 10.9. The zero-order valence-corrected chi connectivity index (χ0v) is 24.2. The molecule has 3 amide bonds. The predicted octanol–water partition coefficient (Wildman–Crippen LogP) is 6.22. The smallest absolute Gasteiger partial charge is 0.410 e. The molecule has 2 aromatic heterocycles. The van der Waals surface area contributed by atoms with E-state index >= 15 is 0 Å². The number of aromatic nitrogens is 2. The van der Waals surface area contributed by atoms with E-state index in [-0.39, 0.29) is 24.2 Å². The van der Waals surface area contributed by atoms with Crippen LogP contribution in [0.5, 0.6) is 0 Å². The van der Waals surface area contributed by atoms with Gasteiger partial charge in [-0.3, -0.25) is 10.3 Å². The van der Waals surface area contributed by atoms with Crippen molar-refractivity contribution in [3.8, 4) is 27.8 Å². The van der Waals surface area contributed by atoms with Crippen molar-refractivity contribution >= 4 is 28.6 Å². The number of pyridine rings is 1. The first kappa shape index (κ1) is 28.0. The molecule has 1 saturated heterocycles. The fourth-order valence-corrected chi connectivity index (χ4v) is 5.79. The van der Waals surface area contributed by atoms with Gasteiger partial charge in [0.1, 0.15) is 5.60 Å². The van der Waals surface area contributed by atoms with E-state index < -0.39 is 5.60 Å². The highest BCUT2D eigenvalue weighted by molar-refractivity contribution is 7.19. The summed E-state index contributed by atoms with van der Waals surface area (Å²) in [5.74, 6) is 0. The first-order valence-corrected chi connectivity index (χ1v) is 13.7. The zero-order chi connectivity index (χ0) is 28.5. The number of nitrogens with one attached hydrogen (secondary N) is 1. The molecule has 0 radical (unpaired) electrons. The van der Waals surface area contributed by atoms with Crippen molar-refractivity contribution in [3.63, 3.8) is 0 Å². The minimum absolute atomic E-state index is 0.224. The van der Waals surface area contributed by atoms with Crippen molar-refractivity contribution in [2.45, 2.75) is 66.2 Å². The molecule has 3 heterocycles. The molecule has 1 aliphatic heterocycles. The third-order valence-corrected chi connectivity index (χ3v) is 7.27. The van der Waals surface area contributed by atoms with Crippen LogP contribution < -0.4 is 5.32 Å². The van der Waals surface area contributed by atoms with Gasteiger partial charge in [0, 0.05) is 42.1 Å². The molecule has 3 aromatic rings. The van der Waals surface area contributed by atoms with Gasteiger partial charge in [-0.2, -0.15) is 5.26 Å². The molecule has 9 nitrogen and oxygen atoms in total. The summed E-state index contributed by atoms with van der Waals surface area (Å²) < 4.78 is 5.53. The van der Waals surface area contributed by atoms with Gasteiger partial charge in [0.2, 0.25) is 0 Å². The topological polar surface area (TPSA) is 111 Å². The number of anilines is 1. The minimum Gasteiger partial charge on any atom is -0.444 e. The number of benzene rings is 1. The standard InChI is InChI=1S/C29H34N6O3S/c1-17-11-23(12-18(2)31-17)25-24(22-10-8-9-21(13-22)14-30)32-26(39-25)33-27(36)35-19(3)15-34(16-20(35)4)28(37)38-29(5,6)7/h8-13,19-20H,15-16H2,1-7H3,(H,32,33,36)/t19-,20?/m1/s1. The molecule has 39 heavy (non-hydrogen) atoms. The molecule has 10 heteroatoms. The van der Waals surface area contributed by atoms with Gasteiger partial charge in [-0.1, -0.05) is 23.5 Å². The predicted molar refractivity (Wildman–Crippen MR) is 153 cm³/mol. The summed E-state index contributed by atoms with van der Waals surface area (Å²) >= 11 is 1.38. The van der Waals surface area contributed by atoms with Crippen LogP contribution in [0.4, 0.5) is 14.7 Å². The number of nitriles is 1. The highest BCUT2D eigenvalue weighted by atomic mass is 32.1. The van der Waals surface area contributed by atoms with E-state index in [4.69, 9.17) is 9.72 Å². The Balaban J connectivity index is 1.61. The Bertz CT molecular complexity index is 1410. The van der Waals surface area contributed by atoms with Crippen LogP contribution in [0.15, 0.2) is 36.4 Å². The summed E-state index contributed by atoms with van der Waals surface area (Å²) in [4.78, 5) is 39.7. The Morgan fingerprint density at radius 1 is 1.05 bits per heavy atom.